The van der Waals surface area contributed by atoms with E-state index in [9.17, 15) is 5.11 Å². The molecule has 106 valence electrons. The third kappa shape index (κ3) is 3.08. The lowest BCUT2D eigenvalue weighted by atomic mass is 10.1. The van der Waals surface area contributed by atoms with E-state index in [0.717, 1.165) is 16.3 Å². The SMILES string of the molecule is COC(c1nc(CC(O)c2ccccc2)cs1)C1CC1. The van der Waals surface area contributed by atoms with Crippen LogP contribution in [0.4, 0.5) is 0 Å². The van der Waals surface area contributed by atoms with Crippen molar-refractivity contribution < 1.29 is 9.84 Å². The third-order valence-electron chi connectivity index (χ3n) is 3.70. The molecule has 3 nitrogen and oxygen atoms in total. The maximum Gasteiger partial charge on any atom is 0.122 e. The van der Waals surface area contributed by atoms with Crippen LogP contribution in [-0.4, -0.2) is 17.2 Å². The van der Waals surface area contributed by atoms with E-state index in [1.54, 1.807) is 18.4 Å². The van der Waals surface area contributed by atoms with Gasteiger partial charge in [0.1, 0.15) is 11.1 Å². The first-order valence-corrected chi connectivity index (χ1v) is 7.86. The maximum absolute atomic E-state index is 10.2. The number of benzene rings is 1. The zero-order valence-corrected chi connectivity index (χ0v) is 12.3. The van der Waals surface area contributed by atoms with E-state index in [1.165, 1.54) is 12.8 Å². The van der Waals surface area contributed by atoms with Crippen molar-refractivity contribution in [2.24, 2.45) is 5.92 Å². The molecule has 1 saturated carbocycles. The van der Waals surface area contributed by atoms with E-state index in [2.05, 4.69) is 4.98 Å². The van der Waals surface area contributed by atoms with Gasteiger partial charge < -0.3 is 9.84 Å². The van der Waals surface area contributed by atoms with Gasteiger partial charge >= 0.3 is 0 Å². The summed E-state index contributed by atoms with van der Waals surface area (Å²) in [5.41, 5.74) is 1.89. The van der Waals surface area contributed by atoms with Crippen molar-refractivity contribution in [1.29, 1.82) is 0 Å². The van der Waals surface area contributed by atoms with Crippen LogP contribution in [0.1, 0.15) is 41.3 Å². The van der Waals surface area contributed by atoms with Gasteiger partial charge in [0.25, 0.3) is 0 Å². The Morgan fingerprint density at radius 3 is 2.75 bits per heavy atom. The number of nitrogens with zero attached hydrogens (tertiary/aromatic N) is 1. The highest BCUT2D eigenvalue weighted by Gasteiger charge is 2.34. The summed E-state index contributed by atoms with van der Waals surface area (Å²) in [6.07, 6.45) is 2.68. The molecule has 2 aromatic rings. The van der Waals surface area contributed by atoms with E-state index in [-0.39, 0.29) is 6.10 Å². The normalized spacial score (nSPS) is 17.9. The number of aromatic nitrogens is 1. The molecule has 3 rings (SSSR count). The Hall–Kier alpha value is -1.23. The van der Waals surface area contributed by atoms with Gasteiger partial charge in [-0.05, 0) is 24.3 Å². The van der Waals surface area contributed by atoms with Gasteiger partial charge in [-0.15, -0.1) is 11.3 Å². The quantitative estimate of drug-likeness (QED) is 0.884. The van der Waals surface area contributed by atoms with Crippen molar-refractivity contribution in [1.82, 2.24) is 4.98 Å². The molecule has 1 aromatic heterocycles. The molecule has 1 aromatic carbocycles. The molecule has 1 N–H and O–H groups in total. The van der Waals surface area contributed by atoms with Gasteiger partial charge in [-0.1, -0.05) is 30.3 Å². The summed E-state index contributed by atoms with van der Waals surface area (Å²) in [5, 5.41) is 13.3. The van der Waals surface area contributed by atoms with Gasteiger partial charge in [-0.25, -0.2) is 4.98 Å². The lowest BCUT2D eigenvalue weighted by molar-refractivity contribution is 0.0841. The summed E-state index contributed by atoms with van der Waals surface area (Å²) < 4.78 is 5.55. The molecule has 0 radical (unpaired) electrons. The van der Waals surface area contributed by atoms with Gasteiger partial charge in [0, 0.05) is 18.9 Å². The zero-order valence-electron chi connectivity index (χ0n) is 11.5. The number of hydrogen-bond acceptors (Lipinski definition) is 4. The molecule has 2 unspecified atom stereocenters. The number of aliphatic hydroxyl groups is 1. The Bertz CT molecular complexity index is 551. The summed E-state index contributed by atoms with van der Waals surface area (Å²) in [6.45, 7) is 0. The van der Waals surface area contributed by atoms with Crippen LogP contribution < -0.4 is 0 Å². The summed E-state index contributed by atoms with van der Waals surface area (Å²) in [5.74, 6) is 0.637. The third-order valence-corrected chi connectivity index (χ3v) is 4.66. The largest absolute Gasteiger partial charge is 0.388 e. The predicted molar refractivity (Wildman–Crippen MR) is 79.7 cm³/mol. The molecule has 0 saturated heterocycles. The minimum Gasteiger partial charge on any atom is -0.388 e. The van der Waals surface area contributed by atoms with Gasteiger partial charge in [0.05, 0.1) is 11.8 Å². The lowest BCUT2D eigenvalue weighted by Gasteiger charge is -2.11. The second kappa shape index (κ2) is 6.04. The zero-order chi connectivity index (χ0) is 13.9. The van der Waals surface area contributed by atoms with Crippen LogP contribution in [0, 0.1) is 5.92 Å². The van der Waals surface area contributed by atoms with Gasteiger partial charge in [0.15, 0.2) is 0 Å². The smallest absolute Gasteiger partial charge is 0.122 e. The van der Waals surface area contributed by atoms with Crippen molar-refractivity contribution in [3.05, 3.63) is 52.0 Å². The van der Waals surface area contributed by atoms with Crippen LogP contribution in [0.2, 0.25) is 0 Å². The minimum atomic E-state index is -0.493. The summed E-state index contributed by atoms with van der Waals surface area (Å²) in [7, 11) is 1.75. The highest BCUT2D eigenvalue weighted by atomic mass is 32.1. The van der Waals surface area contributed by atoms with Gasteiger partial charge in [0.2, 0.25) is 0 Å². The topological polar surface area (TPSA) is 42.4 Å². The van der Waals surface area contributed by atoms with Crippen LogP contribution in [0.25, 0.3) is 0 Å². The van der Waals surface area contributed by atoms with Crippen LogP contribution in [0.5, 0.6) is 0 Å². The number of ether oxygens (including phenoxy) is 1. The number of hydrogen-bond donors (Lipinski definition) is 1. The molecule has 1 fully saturated rings. The second-order valence-corrected chi connectivity index (χ2v) is 6.19. The molecular weight excluding hydrogens is 270 g/mol. The molecule has 4 heteroatoms. The minimum absolute atomic E-state index is 0.141. The molecular formula is C16H19NO2S. The molecule has 1 heterocycles. The Kier molecular flexibility index (Phi) is 4.15. The lowest BCUT2D eigenvalue weighted by Crippen LogP contribution is -2.05. The Morgan fingerprint density at radius 2 is 2.10 bits per heavy atom. The molecule has 2 atom stereocenters. The average Bonchev–Trinajstić information content (AvgIpc) is 3.21. The number of methoxy groups -OCH3 is 1. The second-order valence-electron chi connectivity index (χ2n) is 5.30. The molecule has 0 spiro atoms. The molecule has 0 aliphatic heterocycles. The van der Waals surface area contributed by atoms with Crippen LogP contribution in [-0.2, 0) is 11.2 Å². The van der Waals surface area contributed by atoms with E-state index < -0.39 is 6.10 Å². The average molecular weight is 289 g/mol. The summed E-state index contributed by atoms with van der Waals surface area (Å²) in [6, 6.07) is 9.73. The highest BCUT2D eigenvalue weighted by molar-refractivity contribution is 7.09. The number of rotatable bonds is 6. The van der Waals surface area contributed by atoms with Crippen molar-refractivity contribution in [3.8, 4) is 0 Å². The van der Waals surface area contributed by atoms with E-state index in [0.29, 0.717) is 12.3 Å². The van der Waals surface area contributed by atoms with Crippen molar-refractivity contribution in [3.63, 3.8) is 0 Å². The predicted octanol–water partition coefficient (Wildman–Crippen LogP) is 3.52. The number of thiazole rings is 1. The fraction of sp³-hybridized carbons (Fsp3) is 0.438. The van der Waals surface area contributed by atoms with Crippen LogP contribution in [0.15, 0.2) is 35.7 Å². The van der Waals surface area contributed by atoms with Crippen molar-refractivity contribution in [2.75, 3.05) is 7.11 Å². The molecule has 0 bridgehead atoms. The Balaban J connectivity index is 1.68. The summed E-state index contributed by atoms with van der Waals surface area (Å²) in [4.78, 5) is 4.64. The van der Waals surface area contributed by atoms with E-state index in [4.69, 9.17) is 4.74 Å². The van der Waals surface area contributed by atoms with Gasteiger partial charge in [-0.2, -0.15) is 0 Å². The standard InChI is InChI=1S/C16H19NO2S/c1-19-15(12-7-8-12)16-17-13(10-20-16)9-14(18)11-5-3-2-4-6-11/h2-6,10,12,14-15,18H,7-9H2,1H3. The molecule has 1 aliphatic carbocycles. The molecule has 1 aliphatic rings. The monoisotopic (exact) mass is 289 g/mol. The van der Waals surface area contributed by atoms with Crippen LogP contribution in [0.3, 0.4) is 0 Å². The van der Waals surface area contributed by atoms with E-state index >= 15 is 0 Å². The first-order chi connectivity index (χ1) is 9.78. The first-order valence-electron chi connectivity index (χ1n) is 6.98. The Labute approximate surface area is 123 Å². The maximum atomic E-state index is 10.2. The van der Waals surface area contributed by atoms with Crippen LogP contribution >= 0.6 is 11.3 Å². The molecule has 20 heavy (non-hydrogen) atoms. The van der Waals surface area contributed by atoms with Gasteiger partial charge in [-0.3, -0.25) is 0 Å². The molecule has 0 amide bonds. The fourth-order valence-electron chi connectivity index (χ4n) is 2.43. The fourth-order valence-corrected chi connectivity index (χ4v) is 3.43. The first kappa shape index (κ1) is 13.7. The van der Waals surface area contributed by atoms with Crippen molar-refractivity contribution in [2.45, 2.75) is 31.5 Å². The highest BCUT2D eigenvalue weighted by Crippen LogP contribution is 2.43. The van der Waals surface area contributed by atoms with Crippen molar-refractivity contribution >= 4 is 11.3 Å². The summed E-state index contributed by atoms with van der Waals surface area (Å²) >= 11 is 1.64. The van der Waals surface area contributed by atoms with E-state index in [1.807, 2.05) is 35.7 Å². The number of aliphatic hydroxyl groups excluding tert-OH is 1. The Morgan fingerprint density at radius 1 is 1.35 bits per heavy atom.